The maximum Gasteiger partial charge on any atom is 0.165 e. The van der Waals surface area contributed by atoms with Crippen LogP contribution in [0.3, 0.4) is 0 Å². The Balaban J connectivity index is 1.96. The lowest BCUT2D eigenvalue weighted by molar-refractivity contribution is -0.127. The molecule has 0 heterocycles. The summed E-state index contributed by atoms with van der Waals surface area (Å²) in [7, 11) is 0. The molecule has 2 aliphatic rings. The summed E-state index contributed by atoms with van der Waals surface area (Å²) in [6.07, 6.45) is 27.3. The Kier molecular flexibility index (Phi) is 13.3. The van der Waals surface area contributed by atoms with Crippen LogP contribution in [0, 0.1) is 28.1 Å². The van der Waals surface area contributed by atoms with Gasteiger partial charge in [0, 0.05) is 22.6 Å². The number of hydrogen-bond donors (Lipinski definition) is 2. The Morgan fingerprint density at radius 2 is 1.44 bits per heavy atom. The van der Waals surface area contributed by atoms with Crippen molar-refractivity contribution in [3.63, 3.8) is 0 Å². The summed E-state index contributed by atoms with van der Waals surface area (Å²) in [4.78, 5) is 13.0. The summed E-state index contributed by atoms with van der Waals surface area (Å²) < 4.78 is 0. The first-order valence-corrected chi connectivity index (χ1v) is 15.7. The third-order valence-electron chi connectivity index (χ3n) is 9.35. The second-order valence-corrected chi connectivity index (χ2v) is 13.7. The van der Waals surface area contributed by atoms with Crippen LogP contribution in [0.15, 0.2) is 106 Å². The molecule has 3 heteroatoms. The van der Waals surface area contributed by atoms with E-state index in [9.17, 15) is 15.0 Å². The fraction of sp³-hybridized carbons (Fsp3) is 0.475. The first-order chi connectivity index (χ1) is 20.1. The molecule has 0 amide bonds. The van der Waals surface area contributed by atoms with Crippen LogP contribution in [0.1, 0.15) is 101 Å². The Bertz CT molecular complexity index is 1370. The first kappa shape index (κ1) is 35.8. The minimum absolute atomic E-state index is 0.00824. The Morgan fingerprint density at radius 3 is 1.98 bits per heavy atom. The van der Waals surface area contributed by atoms with Crippen LogP contribution in [-0.2, 0) is 4.79 Å². The summed E-state index contributed by atoms with van der Waals surface area (Å²) in [5, 5.41) is 20.3. The van der Waals surface area contributed by atoms with Gasteiger partial charge in [0.15, 0.2) is 5.78 Å². The average molecular weight is 583 g/mol. The molecule has 2 aliphatic carbocycles. The maximum atomic E-state index is 13.0. The van der Waals surface area contributed by atoms with Gasteiger partial charge in [-0.05, 0) is 82.3 Å². The van der Waals surface area contributed by atoms with Crippen molar-refractivity contribution in [2.24, 2.45) is 16.2 Å². The third-order valence-corrected chi connectivity index (χ3v) is 9.35. The number of aliphatic hydroxyl groups is 2. The molecular formula is C40H54O3. The predicted molar refractivity (Wildman–Crippen MR) is 183 cm³/mol. The third kappa shape index (κ3) is 10.4. The lowest BCUT2D eigenvalue weighted by Crippen LogP contribution is -2.36. The van der Waals surface area contributed by atoms with Crippen molar-refractivity contribution in [1.82, 2.24) is 0 Å². The fourth-order valence-corrected chi connectivity index (χ4v) is 5.80. The topological polar surface area (TPSA) is 57.5 Å². The van der Waals surface area contributed by atoms with E-state index in [1.807, 2.05) is 88.5 Å². The standard InChI is InChI=1S/C40H54O3/c1-30(18-12-20-33(4)36(42)28-37(43)40(9)27-15-26-39(40,7)8)16-10-11-17-31(2)19-13-22-34(29-41)23-24-35-32(3)21-14-25-38(35,5)6/h10-13,16-20,22,28,41-42H,14-15,21,25-27,29H2,1-9H3/b11-10+,18-12?,19-13+,30-16?,31-17+,33-20?,34-22-,36-28?. The van der Waals surface area contributed by atoms with Crippen molar-refractivity contribution in [2.45, 2.75) is 101 Å². The highest BCUT2D eigenvalue weighted by Crippen LogP contribution is 2.53. The van der Waals surface area contributed by atoms with Crippen LogP contribution in [-0.4, -0.2) is 22.6 Å². The molecule has 1 atom stereocenters. The second-order valence-electron chi connectivity index (χ2n) is 13.7. The van der Waals surface area contributed by atoms with Crippen molar-refractivity contribution >= 4 is 5.78 Å². The molecule has 0 radical (unpaired) electrons. The smallest absolute Gasteiger partial charge is 0.165 e. The molecule has 1 saturated carbocycles. The zero-order chi connectivity index (χ0) is 32.3. The van der Waals surface area contributed by atoms with E-state index in [0.717, 1.165) is 43.3 Å². The Labute approximate surface area is 262 Å². The largest absolute Gasteiger partial charge is 0.508 e. The van der Waals surface area contributed by atoms with Crippen molar-refractivity contribution in [3.8, 4) is 11.8 Å². The number of rotatable bonds is 10. The van der Waals surface area contributed by atoms with Crippen molar-refractivity contribution in [2.75, 3.05) is 6.61 Å². The molecule has 1 unspecified atom stereocenters. The molecule has 0 aromatic heterocycles. The van der Waals surface area contributed by atoms with Gasteiger partial charge >= 0.3 is 0 Å². The monoisotopic (exact) mass is 582 g/mol. The van der Waals surface area contributed by atoms with Gasteiger partial charge in [-0.25, -0.2) is 0 Å². The number of carbonyl (C=O) groups is 1. The molecule has 0 bridgehead atoms. The van der Waals surface area contributed by atoms with Gasteiger partial charge in [0.2, 0.25) is 0 Å². The summed E-state index contributed by atoms with van der Waals surface area (Å²) in [6.45, 7) is 18.8. The van der Waals surface area contributed by atoms with Crippen LogP contribution >= 0.6 is 0 Å². The fourth-order valence-electron chi connectivity index (χ4n) is 5.80. The minimum atomic E-state index is -0.428. The van der Waals surface area contributed by atoms with Gasteiger partial charge in [-0.2, -0.15) is 0 Å². The lowest BCUT2D eigenvalue weighted by atomic mass is 9.66. The minimum Gasteiger partial charge on any atom is -0.508 e. The molecule has 0 aromatic carbocycles. The average Bonchev–Trinajstić information content (AvgIpc) is 3.21. The predicted octanol–water partition coefficient (Wildman–Crippen LogP) is 10.2. The molecule has 3 nitrogen and oxygen atoms in total. The number of hydrogen-bond acceptors (Lipinski definition) is 3. The summed E-state index contributed by atoms with van der Waals surface area (Å²) in [6, 6.07) is 0. The van der Waals surface area contributed by atoms with E-state index in [4.69, 9.17) is 0 Å². The Hall–Kier alpha value is -3.35. The van der Waals surface area contributed by atoms with Crippen LogP contribution in [0.2, 0.25) is 0 Å². The number of aliphatic hydroxyl groups excluding tert-OH is 2. The molecule has 0 aliphatic heterocycles. The molecule has 2 N–H and O–H groups in total. The van der Waals surface area contributed by atoms with Gasteiger partial charge in [-0.1, -0.05) is 124 Å². The van der Waals surface area contributed by atoms with E-state index in [2.05, 4.69) is 46.5 Å². The summed E-state index contributed by atoms with van der Waals surface area (Å²) >= 11 is 0. The first-order valence-electron chi connectivity index (χ1n) is 15.7. The highest BCUT2D eigenvalue weighted by molar-refractivity contribution is 5.96. The van der Waals surface area contributed by atoms with Gasteiger partial charge in [-0.15, -0.1) is 0 Å². The van der Waals surface area contributed by atoms with Crippen LogP contribution < -0.4 is 0 Å². The highest BCUT2D eigenvalue weighted by atomic mass is 16.3. The van der Waals surface area contributed by atoms with Crippen molar-refractivity contribution in [3.05, 3.63) is 106 Å². The molecule has 1 fully saturated rings. The second kappa shape index (κ2) is 15.9. The zero-order valence-electron chi connectivity index (χ0n) is 28.1. The number of ketones is 1. The molecule has 0 saturated heterocycles. The van der Waals surface area contributed by atoms with E-state index in [-0.39, 0.29) is 29.0 Å². The van der Waals surface area contributed by atoms with Crippen LogP contribution in [0.5, 0.6) is 0 Å². The van der Waals surface area contributed by atoms with Gasteiger partial charge in [0.25, 0.3) is 0 Å². The molecule has 0 spiro atoms. The van der Waals surface area contributed by atoms with E-state index >= 15 is 0 Å². The normalized spacial score (nSPS) is 23.9. The Morgan fingerprint density at radius 1 is 0.837 bits per heavy atom. The van der Waals surface area contributed by atoms with Gasteiger partial charge < -0.3 is 10.2 Å². The highest BCUT2D eigenvalue weighted by Gasteiger charge is 2.49. The molecule has 0 aromatic rings. The molecule has 2 rings (SSSR count). The zero-order valence-corrected chi connectivity index (χ0v) is 28.1. The van der Waals surface area contributed by atoms with Crippen molar-refractivity contribution in [1.29, 1.82) is 0 Å². The molecule has 43 heavy (non-hydrogen) atoms. The SMILES string of the molecule is CC(C=CC=C(C)C(O)=CC(=O)C1(C)CCCC1(C)C)=C/C=C/C=C(C)/C=C/C=C(/C#CC1=C(C)CCCC1(C)C)CO. The number of allylic oxidation sites excluding steroid dienone is 16. The van der Waals surface area contributed by atoms with Gasteiger partial charge in [-0.3, -0.25) is 4.79 Å². The molecular weight excluding hydrogens is 528 g/mol. The van der Waals surface area contributed by atoms with Crippen LogP contribution in [0.25, 0.3) is 0 Å². The van der Waals surface area contributed by atoms with Crippen LogP contribution in [0.4, 0.5) is 0 Å². The van der Waals surface area contributed by atoms with E-state index < -0.39 is 5.41 Å². The van der Waals surface area contributed by atoms with E-state index in [1.165, 1.54) is 23.6 Å². The molecule has 232 valence electrons. The maximum absolute atomic E-state index is 13.0. The number of carbonyl (C=O) groups excluding carboxylic acids is 1. The summed E-state index contributed by atoms with van der Waals surface area (Å²) in [5.74, 6) is 6.57. The van der Waals surface area contributed by atoms with Gasteiger partial charge in [0.1, 0.15) is 5.76 Å². The quantitative estimate of drug-likeness (QED) is 0.117. The van der Waals surface area contributed by atoms with Crippen molar-refractivity contribution < 1.29 is 15.0 Å². The van der Waals surface area contributed by atoms with E-state index in [0.29, 0.717) is 11.1 Å². The lowest BCUT2D eigenvalue weighted by Gasteiger charge is -2.36. The van der Waals surface area contributed by atoms with Gasteiger partial charge in [0.05, 0.1) is 6.61 Å². The van der Waals surface area contributed by atoms with E-state index in [1.54, 1.807) is 0 Å². The summed E-state index contributed by atoms with van der Waals surface area (Å²) in [5.41, 5.74) is 5.70.